The van der Waals surface area contributed by atoms with Gasteiger partial charge in [-0.25, -0.2) is 4.39 Å². The molecule has 138 valence electrons. The zero-order valence-corrected chi connectivity index (χ0v) is 14.4. The topological polar surface area (TPSA) is 66.9 Å². The van der Waals surface area contributed by atoms with E-state index < -0.39 is 0 Å². The summed E-state index contributed by atoms with van der Waals surface area (Å²) in [5.74, 6) is 0.0757. The molecule has 3 aromatic rings. The lowest BCUT2D eigenvalue weighted by Crippen LogP contribution is -2.50. The van der Waals surface area contributed by atoms with Crippen LogP contribution in [0.1, 0.15) is 20.9 Å². The van der Waals surface area contributed by atoms with Crippen molar-refractivity contribution in [2.24, 2.45) is 0 Å². The fraction of sp³-hybridized carbons (Fsp3) is 0.200. The van der Waals surface area contributed by atoms with Gasteiger partial charge in [-0.2, -0.15) is 0 Å². The molecule has 1 aliphatic rings. The smallest absolute Gasteiger partial charge is 0.289 e. The Labute approximate surface area is 154 Å². The first-order chi connectivity index (χ1) is 13.1. The van der Waals surface area contributed by atoms with Crippen LogP contribution >= 0.6 is 0 Å². The van der Waals surface area contributed by atoms with Gasteiger partial charge in [0, 0.05) is 31.7 Å². The van der Waals surface area contributed by atoms with Gasteiger partial charge in [-0.05, 0) is 42.5 Å². The molecule has 1 fully saturated rings. The predicted molar refractivity (Wildman–Crippen MR) is 94.6 cm³/mol. The molecule has 0 saturated carbocycles. The van der Waals surface area contributed by atoms with Gasteiger partial charge in [-0.15, -0.1) is 0 Å². The van der Waals surface area contributed by atoms with Gasteiger partial charge in [0.2, 0.25) is 0 Å². The zero-order valence-electron chi connectivity index (χ0n) is 14.4. The average Bonchev–Trinajstić information content (AvgIpc) is 3.40. The van der Waals surface area contributed by atoms with E-state index >= 15 is 0 Å². The Bertz CT molecular complexity index is 939. The molecule has 0 atom stereocenters. The van der Waals surface area contributed by atoms with Crippen LogP contribution in [0, 0.1) is 5.82 Å². The third-order valence-electron chi connectivity index (χ3n) is 4.57. The number of hydrogen-bond acceptors (Lipinski definition) is 4. The molecule has 6 nitrogen and oxygen atoms in total. The molecule has 0 N–H and O–H groups in total. The molecule has 3 heterocycles. The van der Waals surface area contributed by atoms with E-state index in [0.717, 1.165) is 0 Å². The van der Waals surface area contributed by atoms with Gasteiger partial charge in [0.1, 0.15) is 17.8 Å². The van der Waals surface area contributed by atoms with Gasteiger partial charge in [-0.3, -0.25) is 9.59 Å². The lowest BCUT2D eigenvalue weighted by molar-refractivity contribution is 0.0518. The molecule has 1 saturated heterocycles. The van der Waals surface area contributed by atoms with Crippen LogP contribution in [-0.4, -0.2) is 47.8 Å². The summed E-state index contributed by atoms with van der Waals surface area (Å²) in [7, 11) is 0. The van der Waals surface area contributed by atoms with Crippen LogP contribution in [0.2, 0.25) is 0 Å². The number of amides is 2. The fourth-order valence-electron chi connectivity index (χ4n) is 3.06. The number of hydrogen-bond donors (Lipinski definition) is 0. The number of carbonyl (C=O) groups excluding carboxylic acids is 2. The molecule has 0 bridgehead atoms. The zero-order chi connectivity index (χ0) is 18.8. The van der Waals surface area contributed by atoms with Crippen molar-refractivity contribution in [1.82, 2.24) is 9.80 Å². The van der Waals surface area contributed by atoms with Gasteiger partial charge in [0.25, 0.3) is 11.8 Å². The number of rotatable bonds is 3. The van der Waals surface area contributed by atoms with Crippen molar-refractivity contribution in [2.75, 3.05) is 26.2 Å². The second-order valence-corrected chi connectivity index (χ2v) is 6.27. The first-order valence-corrected chi connectivity index (χ1v) is 8.58. The van der Waals surface area contributed by atoms with E-state index in [4.69, 9.17) is 8.83 Å². The van der Waals surface area contributed by atoms with Gasteiger partial charge < -0.3 is 18.6 Å². The van der Waals surface area contributed by atoms with Crippen molar-refractivity contribution in [1.29, 1.82) is 0 Å². The molecule has 1 aliphatic heterocycles. The lowest BCUT2D eigenvalue weighted by Gasteiger charge is -2.34. The number of halogens is 1. The third-order valence-corrected chi connectivity index (χ3v) is 4.57. The van der Waals surface area contributed by atoms with Crippen molar-refractivity contribution < 1.29 is 22.8 Å². The Morgan fingerprint density at radius 3 is 2.15 bits per heavy atom. The van der Waals surface area contributed by atoms with Crippen LogP contribution in [0.5, 0.6) is 0 Å². The molecule has 7 heteroatoms. The summed E-state index contributed by atoms with van der Waals surface area (Å²) in [6, 6.07) is 10.8. The number of carbonyl (C=O) groups is 2. The minimum absolute atomic E-state index is 0.104. The van der Waals surface area contributed by atoms with E-state index in [1.165, 1.54) is 24.7 Å². The molecular formula is C20H17FN2O4. The maximum Gasteiger partial charge on any atom is 0.289 e. The number of piperazine rings is 1. The number of nitrogens with zero attached hydrogens (tertiary/aromatic N) is 2. The Kier molecular flexibility index (Phi) is 4.50. The van der Waals surface area contributed by atoms with E-state index in [9.17, 15) is 14.0 Å². The average molecular weight is 368 g/mol. The van der Waals surface area contributed by atoms with E-state index in [0.29, 0.717) is 43.1 Å². The monoisotopic (exact) mass is 368 g/mol. The van der Waals surface area contributed by atoms with Crippen LogP contribution in [0.25, 0.3) is 11.3 Å². The second-order valence-electron chi connectivity index (χ2n) is 6.27. The second kappa shape index (κ2) is 7.11. The molecule has 0 spiro atoms. The highest BCUT2D eigenvalue weighted by Crippen LogP contribution is 2.23. The maximum atomic E-state index is 13.0. The molecule has 27 heavy (non-hydrogen) atoms. The molecular weight excluding hydrogens is 351 g/mol. The summed E-state index contributed by atoms with van der Waals surface area (Å²) < 4.78 is 23.6. The molecule has 1 aromatic carbocycles. The van der Waals surface area contributed by atoms with Crippen LogP contribution < -0.4 is 0 Å². The normalized spacial score (nSPS) is 14.4. The van der Waals surface area contributed by atoms with Crippen molar-refractivity contribution in [3.05, 3.63) is 72.1 Å². The first-order valence-electron chi connectivity index (χ1n) is 8.58. The SMILES string of the molecule is O=C(c1ccoc1)N1CCN(C(=O)c2ccc(-c3ccc(F)cc3)o2)CC1. The third kappa shape index (κ3) is 3.48. The summed E-state index contributed by atoms with van der Waals surface area (Å²) in [6.45, 7) is 1.74. The lowest BCUT2D eigenvalue weighted by atomic mass is 10.2. The van der Waals surface area contributed by atoms with Crippen LogP contribution in [0.15, 0.2) is 63.8 Å². The van der Waals surface area contributed by atoms with Crippen molar-refractivity contribution in [3.8, 4) is 11.3 Å². The Morgan fingerprint density at radius 1 is 0.852 bits per heavy atom. The highest BCUT2D eigenvalue weighted by Gasteiger charge is 2.27. The molecule has 4 rings (SSSR count). The van der Waals surface area contributed by atoms with Crippen molar-refractivity contribution >= 4 is 11.8 Å². The number of benzene rings is 1. The first kappa shape index (κ1) is 17.1. The molecule has 0 radical (unpaired) electrons. The maximum absolute atomic E-state index is 13.0. The largest absolute Gasteiger partial charge is 0.472 e. The van der Waals surface area contributed by atoms with Gasteiger partial charge in [0.05, 0.1) is 11.8 Å². The molecule has 0 aliphatic carbocycles. The van der Waals surface area contributed by atoms with Crippen molar-refractivity contribution in [2.45, 2.75) is 0 Å². The quantitative estimate of drug-likeness (QED) is 0.712. The Balaban J connectivity index is 1.40. The van der Waals surface area contributed by atoms with E-state index in [1.54, 1.807) is 40.1 Å². The summed E-state index contributed by atoms with van der Waals surface area (Å²) >= 11 is 0. The summed E-state index contributed by atoms with van der Waals surface area (Å²) in [5.41, 5.74) is 1.20. The van der Waals surface area contributed by atoms with Gasteiger partial charge in [0.15, 0.2) is 5.76 Å². The van der Waals surface area contributed by atoms with Gasteiger partial charge >= 0.3 is 0 Å². The van der Waals surface area contributed by atoms with Crippen LogP contribution in [0.4, 0.5) is 4.39 Å². The highest BCUT2D eigenvalue weighted by molar-refractivity contribution is 5.95. The van der Waals surface area contributed by atoms with Gasteiger partial charge in [-0.1, -0.05) is 0 Å². The summed E-state index contributed by atoms with van der Waals surface area (Å²) in [4.78, 5) is 28.3. The van der Waals surface area contributed by atoms with E-state index in [2.05, 4.69) is 0 Å². The molecule has 0 unspecified atom stereocenters. The standard InChI is InChI=1S/C20H17FN2O4/c21-16-3-1-14(2-4-16)17-5-6-18(27-17)20(25)23-10-8-22(9-11-23)19(24)15-7-12-26-13-15/h1-7,12-13H,8-11H2. The van der Waals surface area contributed by atoms with Crippen LogP contribution in [0.3, 0.4) is 0 Å². The highest BCUT2D eigenvalue weighted by atomic mass is 19.1. The molecule has 2 amide bonds. The Morgan fingerprint density at radius 2 is 1.52 bits per heavy atom. The van der Waals surface area contributed by atoms with E-state index in [1.807, 2.05) is 0 Å². The minimum Gasteiger partial charge on any atom is -0.472 e. The molecule has 2 aromatic heterocycles. The predicted octanol–water partition coefficient (Wildman–Crippen LogP) is 3.28. The minimum atomic E-state index is -0.329. The summed E-state index contributed by atoms with van der Waals surface area (Å²) in [5, 5.41) is 0. The van der Waals surface area contributed by atoms with E-state index in [-0.39, 0.29) is 23.4 Å². The van der Waals surface area contributed by atoms with Crippen LogP contribution in [-0.2, 0) is 0 Å². The fourth-order valence-corrected chi connectivity index (χ4v) is 3.06. The van der Waals surface area contributed by atoms with Crippen molar-refractivity contribution in [3.63, 3.8) is 0 Å². The number of furan rings is 2. The summed E-state index contributed by atoms with van der Waals surface area (Å²) in [6.07, 6.45) is 2.88. The Hall–Kier alpha value is -3.35.